The number of esters is 1. The molecule has 1 aromatic heterocycles. The molecule has 1 aliphatic rings. The summed E-state index contributed by atoms with van der Waals surface area (Å²) in [4.78, 5) is 29.5. The second-order valence-corrected chi connectivity index (χ2v) is 7.63. The number of hydrogen-bond donors (Lipinski definition) is 1. The molecule has 3 aromatic rings. The molecule has 32 heavy (non-hydrogen) atoms. The highest BCUT2D eigenvalue weighted by molar-refractivity contribution is 6.32. The van der Waals surface area contributed by atoms with Crippen LogP contribution in [0.15, 0.2) is 65.2 Å². The fourth-order valence-electron chi connectivity index (χ4n) is 3.44. The van der Waals surface area contributed by atoms with Crippen molar-refractivity contribution in [3.63, 3.8) is 0 Å². The van der Waals surface area contributed by atoms with Crippen LogP contribution in [-0.4, -0.2) is 41.5 Å². The molecule has 0 saturated heterocycles. The third kappa shape index (κ3) is 5.00. The standard InChI is InChI=1S/C24H22ClN3O4/c1-2-31-23(30)22(29)28-12-10-17(11-13-28)16-6-8-18(9-7-16)21-15-26-24(32-21)27-20-5-3-4-19(25)14-20/h3-10,14-15H,2,11-13H2,1H3,(H,26,27). The Balaban J connectivity index is 1.40. The molecular weight excluding hydrogens is 430 g/mol. The Bertz CT molecular complexity index is 1150. The van der Waals surface area contributed by atoms with E-state index in [9.17, 15) is 9.59 Å². The van der Waals surface area contributed by atoms with Crippen molar-refractivity contribution >= 4 is 40.8 Å². The lowest BCUT2D eigenvalue weighted by Crippen LogP contribution is -2.40. The summed E-state index contributed by atoms with van der Waals surface area (Å²) in [6.07, 6.45) is 4.30. The van der Waals surface area contributed by atoms with E-state index in [4.69, 9.17) is 20.8 Å². The molecule has 0 radical (unpaired) electrons. The van der Waals surface area contributed by atoms with Crippen molar-refractivity contribution in [3.8, 4) is 11.3 Å². The smallest absolute Gasteiger partial charge is 0.397 e. The third-order valence-electron chi connectivity index (χ3n) is 5.07. The average molecular weight is 452 g/mol. The number of carbonyl (C=O) groups excluding carboxylic acids is 2. The van der Waals surface area contributed by atoms with Crippen LogP contribution in [-0.2, 0) is 14.3 Å². The van der Waals surface area contributed by atoms with Gasteiger partial charge in [-0.2, -0.15) is 0 Å². The number of amides is 1. The zero-order valence-electron chi connectivity index (χ0n) is 17.5. The van der Waals surface area contributed by atoms with E-state index in [0.717, 1.165) is 22.4 Å². The van der Waals surface area contributed by atoms with Gasteiger partial charge in [-0.3, -0.25) is 4.79 Å². The summed E-state index contributed by atoms with van der Waals surface area (Å²) >= 11 is 6.01. The highest BCUT2D eigenvalue weighted by atomic mass is 35.5. The molecule has 8 heteroatoms. The SMILES string of the molecule is CCOC(=O)C(=O)N1CC=C(c2ccc(-c3cnc(Nc4cccc(Cl)c4)o3)cc2)CC1. The lowest BCUT2D eigenvalue weighted by Gasteiger charge is -2.25. The Hall–Kier alpha value is -3.58. The van der Waals surface area contributed by atoms with Crippen LogP contribution >= 0.6 is 11.6 Å². The van der Waals surface area contributed by atoms with Crippen LogP contribution in [0, 0.1) is 0 Å². The number of aromatic nitrogens is 1. The summed E-state index contributed by atoms with van der Waals surface area (Å²) in [5.74, 6) is -0.750. The van der Waals surface area contributed by atoms with Crippen molar-refractivity contribution in [2.24, 2.45) is 0 Å². The normalized spacial score (nSPS) is 13.4. The number of carbonyl (C=O) groups is 2. The Kier molecular flexibility index (Phi) is 6.56. The largest absolute Gasteiger partial charge is 0.459 e. The van der Waals surface area contributed by atoms with Crippen molar-refractivity contribution in [2.75, 3.05) is 25.0 Å². The molecule has 1 N–H and O–H groups in total. The Morgan fingerprint density at radius 3 is 2.66 bits per heavy atom. The number of hydrogen-bond acceptors (Lipinski definition) is 6. The highest BCUT2D eigenvalue weighted by Gasteiger charge is 2.24. The van der Waals surface area contributed by atoms with Gasteiger partial charge >= 0.3 is 11.9 Å². The first-order valence-electron chi connectivity index (χ1n) is 10.3. The summed E-state index contributed by atoms with van der Waals surface area (Å²) in [6.45, 7) is 2.73. The van der Waals surface area contributed by atoms with Crippen LogP contribution in [0.5, 0.6) is 0 Å². The van der Waals surface area contributed by atoms with Gasteiger partial charge in [-0.05, 0) is 42.7 Å². The minimum absolute atomic E-state index is 0.190. The lowest BCUT2D eigenvalue weighted by molar-refractivity contribution is -0.159. The van der Waals surface area contributed by atoms with Crippen LogP contribution in [0.1, 0.15) is 18.9 Å². The number of benzene rings is 2. The molecular formula is C24H22ClN3O4. The van der Waals surface area contributed by atoms with E-state index in [-0.39, 0.29) is 6.61 Å². The summed E-state index contributed by atoms with van der Waals surface area (Å²) < 4.78 is 10.6. The molecule has 164 valence electrons. The van der Waals surface area contributed by atoms with Gasteiger partial charge in [0, 0.05) is 29.4 Å². The first-order valence-corrected chi connectivity index (χ1v) is 10.7. The van der Waals surface area contributed by atoms with Crippen molar-refractivity contribution in [3.05, 3.63) is 71.4 Å². The molecule has 0 atom stereocenters. The summed E-state index contributed by atoms with van der Waals surface area (Å²) in [5.41, 5.74) is 3.89. The van der Waals surface area contributed by atoms with Crippen LogP contribution < -0.4 is 5.32 Å². The number of nitrogens with zero attached hydrogens (tertiary/aromatic N) is 2. The molecule has 0 saturated carbocycles. The molecule has 0 fully saturated rings. The van der Waals surface area contributed by atoms with E-state index in [1.807, 2.05) is 42.5 Å². The summed E-state index contributed by atoms with van der Waals surface area (Å²) in [5, 5.41) is 3.72. The lowest BCUT2D eigenvalue weighted by atomic mass is 9.98. The van der Waals surface area contributed by atoms with Gasteiger partial charge in [0.25, 0.3) is 6.01 Å². The molecule has 0 bridgehead atoms. The highest BCUT2D eigenvalue weighted by Crippen LogP contribution is 2.28. The molecule has 0 aliphatic carbocycles. The monoisotopic (exact) mass is 451 g/mol. The number of oxazole rings is 1. The van der Waals surface area contributed by atoms with Gasteiger partial charge in [-0.15, -0.1) is 0 Å². The number of anilines is 2. The quantitative estimate of drug-likeness (QED) is 0.438. The molecule has 4 rings (SSSR count). The molecule has 2 heterocycles. The van der Waals surface area contributed by atoms with E-state index >= 15 is 0 Å². The minimum atomic E-state index is -0.801. The predicted octanol–water partition coefficient (Wildman–Crippen LogP) is 4.92. The molecule has 0 unspecified atom stereocenters. The van der Waals surface area contributed by atoms with Crippen LogP contribution in [0.25, 0.3) is 16.9 Å². The van der Waals surface area contributed by atoms with E-state index < -0.39 is 11.9 Å². The van der Waals surface area contributed by atoms with E-state index in [0.29, 0.717) is 36.3 Å². The van der Waals surface area contributed by atoms with Gasteiger partial charge in [0.15, 0.2) is 5.76 Å². The average Bonchev–Trinajstić information content (AvgIpc) is 3.27. The van der Waals surface area contributed by atoms with Crippen molar-refractivity contribution < 1.29 is 18.7 Å². The zero-order chi connectivity index (χ0) is 22.5. The number of ether oxygens (including phenoxy) is 1. The Morgan fingerprint density at radius 2 is 1.97 bits per heavy atom. The maximum absolute atomic E-state index is 12.1. The number of halogens is 1. The number of rotatable bonds is 5. The number of nitrogens with one attached hydrogen (secondary N) is 1. The fourth-order valence-corrected chi connectivity index (χ4v) is 3.63. The van der Waals surface area contributed by atoms with E-state index in [2.05, 4.69) is 10.3 Å². The van der Waals surface area contributed by atoms with Crippen molar-refractivity contribution in [1.29, 1.82) is 0 Å². The Morgan fingerprint density at radius 1 is 1.19 bits per heavy atom. The van der Waals surface area contributed by atoms with Gasteiger partial charge in [0.05, 0.1) is 12.8 Å². The van der Waals surface area contributed by atoms with Crippen LogP contribution in [0.3, 0.4) is 0 Å². The molecule has 7 nitrogen and oxygen atoms in total. The van der Waals surface area contributed by atoms with Crippen molar-refractivity contribution in [1.82, 2.24) is 9.88 Å². The molecule has 1 amide bonds. The topological polar surface area (TPSA) is 84.7 Å². The van der Waals surface area contributed by atoms with Crippen LogP contribution in [0.4, 0.5) is 11.7 Å². The van der Waals surface area contributed by atoms with Gasteiger partial charge in [-0.25, -0.2) is 9.78 Å². The Labute approximate surface area is 190 Å². The fraction of sp³-hybridized carbons (Fsp3) is 0.208. The van der Waals surface area contributed by atoms with Crippen LogP contribution in [0.2, 0.25) is 5.02 Å². The van der Waals surface area contributed by atoms with Crippen molar-refractivity contribution in [2.45, 2.75) is 13.3 Å². The van der Waals surface area contributed by atoms with Gasteiger partial charge in [0.1, 0.15) is 0 Å². The zero-order valence-corrected chi connectivity index (χ0v) is 18.3. The molecule has 2 aromatic carbocycles. The minimum Gasteiger partial charge on any atom is -0.459 e. The van der Waals surface area contributed by atoms with E-state index in [1.165, 1.54) is 4.90 Å². The second kappa shape index (κ2) is 9.70. The first-order chi connectivity index (χ1) is 15.5. The predicted molar refractivity (Wildman–Crippen MR) is 122 cm³/mol. The van der Waals surface area contributed by atoms with Gasteiger partial charge < -0.3 is 19.4 Å². The maximum Gasteiger partial charge on any atom is 0.397 e. The van der Waals surface area contributed by atoms with Gasteiger partial charge in [0.2, 0.25) is 0 Å². The third-order valence-corrected chi connectivity index (χ3v) is 5.30. The van der Waals surface area contributed by atoms with E-state index in [1.54, 1.807) is 25.3 Å². The second-order valence-electron chi connectivity index (χ2n) is 7.19. The molecule has 0 spiro atoms. The maximum atomic E-state index is 12.1. The summed E-state index contributed by atoms with van der Waals surface area (Å²) in [7, 11) is 0. The first kappa shape index (κ1) is 21.6. The summed E-state index contributed by atoms with van der Waals surface area (Å²) in [6, 6.07) is 15.7. The van der Waals surface area contributed by atoms with Gasteiger partial charge in [-0.1, -0.05) is 48.0 Å². The molecule has 1 aliphatic heterocycles.